The van der Waals surface area contributed by atoms with Gasteiger partial charge in [0.1, 0.15) is 5.82 Å². The molecule has 0 bridgehead atoms. The fourth-order valence-electron chi connectivity index (χ4n) is 1.29. The Morgan fingerprint density at radius 2 is 1.83 bits per heavy atom. The molecule has 1 N–H and O–H groups in total. The van der Waals surface area contributed by atoms with Crippen LogP contribution < -0.4 is 5.32 Å². The molecule has 0 saturated carbocycles. The van der Waals surface area contributed by atoms with E-state index in [1.54, 1.807) is 0 Å². The van der Waals surface area contributed by atoms with E-state index in [9.17, 15) is 17.6 Å². The van der Waals surface area contributed by atoms with Crippen molar-refractivity contribution >= 4 is 5.69 Å². The molecular weight excluding hydrogens is 254 g/mol. The Bertz CT molecular complexity index is 391. The molecule has 0 aliphatic heterocycles. The Kier molecular flexibility index (Phi) is 4.92. The van der Waals surface area contributed by atoms with E-state index in [-0.39, 0.29) is 12.2 Å². The number of halogens is 4. The molecule has 1 aromatic carbocycles. The van der Waals surface area contributed by atoms with E-state index in [1.165, 1.54) is 14.2 Å². The normalized spacial score (nSPS) is 11.9. The van der Waals surface area contributed by atoms with Crippen LogP contribution in [0, 0.1) is 5.82 Å². The summed E-state index contributed by atoms with van der Waals surface area (Å²) >= 11 is 0. The lowest BCUT2D eigenvalue weighted by atomic mass is 10.2. The molecule has 0 aliphatic carbocycles. The van der Waals surface area contributed by atoms with Crippen molar-refractivity contribution in [2.24, 2.45) is 0 Å². The summed E-state index contributed by atoms with van der Waals surface area (Å²) in [6.07, 6.45) is -5.18. The van der Waals surface area contributed by atoms with Gasteiger partial charge in [-0.2, -0.15) is 13.2 Å². The minimum Gasteiger partial charge on any atom is -0.378 e. The lowest BCUT2D eigenvalue weighted by Gasteiger charge is -2.16. The van der Waals surface area contributed by atoms with Crippen molar-refractivity contribution in [1.29, 1.82) is 0 Å². The Balaban J connectivity index is 2.82. The highest BCUT2D eigenvalue weighted by molar-refractivity contribution is 5.48. The van der Waals surface area contributed by atoms with E-state index in [4.69, 9.17) is 9.47 Å². The number of anilines is 1. The zero-order valence-electron chi connectivity index (χ0n) is 9.84. The Morgan fingerprint density at radius 3 is 2.33 bits per heavy atom. The summed E-state index contributed by atoms with van der Waals surface area (Å²) in [5.41, 5.74) is -1.17. The number of hydrogen-bond donors (Lipinski definition) is 1. The van der Waals surface area contributed by atoms with Gasteiger partial charge in [0.2, 0.25) is 0 Å². The number of alkyl halides is 3. The van der Waals surface area contributed by atoms with Gasteiger partial charge in [-0.25, -0.2) is 4.39 Å². The second-order valence-corrected chi connectivity index (χ2v) is 3.47. The molecule has 102 valence electrons. The molecule has 1 aromatic rings. The predicted octanol–water partition coefficient (Wildman–Crippen LogP) is 2.88. The zero-order valence-corrected chi connectivity index (χ0v) is 9.84. The third-order valence-corrected chi connectivity index (χ3v) is 2.28. The van der Waals surface area contributed by atoms with Gasteiger partial charge in [0, 0.05) is 14.2 Å². The molecule has 7 heteroatoms. The van der Waals surface area contributed by atoms with Crippen LogP contribution in [0.15, 0.2) is 18.2 Å². The summed E-state index contributed by atoms with van der Waals surface area (Å²) < 4.78 is 60.3. The first-order valence-electron chi connectivity index (χ1n) is 5.04. The van der Waals surface area contributed by atoms with E-state index in [2.05, 4.69) is 5.32 Å². The molecule has 3 nitrogen and oxygen atoms in total. The van der Waals surface area contributed by atoms with Gasteiger partial charge in [0.25, 0.3) is 0 Å². The summed E-state index contributed by atoms with van der Waals surface area (Å²) in [6.45, 7) is 0.0330. The Labute approximate surface area is 102 Å². The molecule has 0 unspecified atom stereocenters. The van der Waals surface area contributed by atoms with Crippen LogP contribution in [0.1, 0.15) is 5.56 Å². The quantitative estimate of drug-likeness (QED) is 0.657. The van der Waals surface area contributed by atoms with Crippen LogP contribution >= 0.6 is 0 Å². The van der Waals surface area contributed by atoms with Crippen molar-refractivity contribution in [3.05, 3.63) is 29.6 Å². The number of nitrogens with one attached hydrogen (secondary N) is 1. The summed E-state index contributed by atoms with van der Waals surface area (Å²) in [4.78, 5) is 0. The van der Waals surface area contributed by atoms with Crippen molar-refractivity contribution in [1.82, 2.24) is 0 Å². The first-order valence-corrected chi connectivity index (χ1v) is 5.04. The van der Waals surface area contributed by atoms with E-state index >= 15 is 0 Å². The van der Waals surface area contributed by atoms with Gasteiger partial charge in [0.05, 0.1) is 17.8 Å². The lowest BCUT2D eigenvalue weighted by molar-refractivity contribution is -0.137. The first kappa shape index (κ1) is 14.7. The largest absolute Gasteiger partial charge is 0.416 e. The molecule has 0 heterocycles. The molecule has 0 aliphatic rings. The lowest BCUT2D eigenvalue weighted by Crippen LogP contribution is -2.24. The van der Waals surface area contributed by atoms with Gasteiger partial charge < -0.3 is 14.8 Å². The zero-order chi connectivity index (χ0) is 13.8. The third-order valence-electron chi connectivity index (χ3n) is 2.28. The van der Waals surface area contributed by atoms with Crippen LogP contribution in [0.25, 0.3) is 0 Å². The molecule has 0 saturated heterocycles. The highest BCUT2D eigenvalue weighted by Gasteiger charge is 2.31. The van der Waals surface area contributed by atoms with Crippen molar-refractivity contribution in [3.63, 3.8) is 0 Å². The highest BCUT2D eigenvalue weighted by atomic mass is 19.4. The van der Waals surface area contributed by atoms with Crippen molar-refractivity contribution in [3.8, 4) is 0 Å². The van der Waals surface area contributed by atoms with Crippen molar-refractivity contribution < 1.29 is 27.0 Å². The van der Waals surface area contributed by atoms with E-state index in [0.29, 0.717) is 12.1 Å². The molecule has 0 spiro atoms. The molecule has 0 radical (unpaired) electrons. The van der Waals surface area contributed by atoms with Crippen LogP contribution in [0.3, 0.4) is 0 Å². The van der Waals surface area contributed by atoms with E-state index < -0.39 is 23.8 Å². The Hall–Kier alpha value is -1.34. The van der Waals surface area contributed by atoms with E-state index in [0.717, 1.165) is 6.07 Å². The number of rotatable bonds is 5. The van der Waals surface area contributed by atoms with Gasteiger partial charge in [-0.15, -0.1) is 0 Å². The maximum atomic E-state index is 13.3. The number of methoxy groups -OCH3 is 2. The maximum absolute atomic E-state index is 13.3. The second-order valence-electron chi connectivity index (χ2n) is 3.47. The van der Waals surface area contributed by atoms with Crippen LogP contribution in [0.5, 0.6) is 0 Å². The fraction of sp³-hybridized carbons (Fsp3) is 0.455. The molecular formula is C11H13F4NO2. The summed E-state index contributed by atoms with van der Waals surface area (Å²) in [5, 5.41) is 2.50. The van der Waals surface area contributed by atoms with Gasteiger partial charge in [-0.05, 0) is 18.2 Å². The number of hydrogen-bond acceptors (Lipinski definition) is 3. The number of ether oxygens (including phenoxy) is 2. The summed E-state index contributed by atoms with van der Waals surface area (Å²) in [6, 6.07) is 2.15. The molecule has 0 fully saturated rings. The standard InChI is InChI=1S/C11H13F4NO2/c1-17-10(18-2)6-16-9-5-7(11(13,14)15)3-4-8(9)12/h3-5,10,16H,6H2,1-2H3. The molecule has 1 rings (SSSR count). The smallest absolute Gasteiger partial charge is 0.378 e. The van der Waals surface area contributed by atoms with Gasteiger partial charge in [-0.3, -0.25) is 0 Å². The SMILES string of the molecule is COC(CNc1cc(C(F)(F)F)ccc1F)OC. The molecule has 18 heavy (non-hydrogen) atoms. The van der Waals surface area contributed by atoms with Crippen LogP contribution in [0.4, 0.5) is 23.2 Å². The van der Waals surface area contributed by atoms with Crippen LogP contribution in [0.2, 0.25) is 0 Å². The average Bonchev–Trinajstić information content (AvgIpc) is 2.31. The third kappa shape index (κ3) is 3.85. The van der Waals surface area contributed by atoms with Crippen LogP contribution in [-0.2, 0) is 15.7 Å². The number of benzene rings is 1. The monoisotopic (exact) mass is 267 g/mol. The second kappa shape index (κ2) is 6.01. The predicted molar refractivity (Wildman–Crippen MR) is 57.7 cm³/mol. The average molecular weight is 267 g/mol. The Morgan fingerprint density at radius 1 is 1.22 bits per heavy atom. The fourth-order valence-corrected chi connectivity index (χ4v) is 1.29. The van der Waals surface area contributed by atoms with Crippen LogP contribution in [-0.4, -0.2) is 27.1 Å². The summed E-state index contributed by atoms with van der Waals surface area (Å²) in [7, 11) is 2.75. The first-order chi connectivity index (χ1) is 8.38. The minimum absolute atomic E-state index is 0.0330. The van der Waals surface area contributed by atoms with Gasteiger partial charge in [-0.1, -0.05) is 0 Å². The maximum Gasteiger partial charge on any atom is 0.416 e. The van der Waals surface area contributed by atoms with Gasteiger partial charge >= 0.3 is 6.18 Å². The topological polar surface area (TPSA) is 30.5 Å². The molecule has 0 aromatic heterocycles. The van der Waals surface area contributed by atoms with Gasteiger partial charge in [0.15, 0.2) is 6.29 Å². The minimum atomic E-state index is -4.51. The highest BCUT2D eigenvalue weighted by Crippen LogP contribution is 2.31. The molecule has 0 amide bonds. The van der Waals surface area contributed by atoms with Crippen molar-refractivity contribution in [2.75, 3.05) is 26.1 Å². The molecule has 0 atom stereocenters. The van der Waals surface area contributed by atoms with E-state index in [1.807, 2.05) is 0 Å². The van der Waals surface area contributed by atoms with Crippen molar-refractivity contribution in [2.45, 2.75) is 12.5 Å². The summed E-state index contributed by atoms with van der Waals surface area (Å²) in [5.74, 6) is -0.769.